The van der Waals surface area contributed by atoms with Crippen molar-refractivity contribution in [3.05, 3.63) is 63.2 Å². The number of hydrogen-bond donors (Lipinski definition) is 1. The monoisotopic (exact) mass is 421 g/mol. The summed E-state index contributed by atoms with van der Waals surface area (Å²) < 4.78 is 19.9. The third kappa shape index (κ3) is 4.24. The molecule has 1 heterocycles. The predicted molar refractivity (Wildman–Crippen MR) is 99.6 cm³/mol. The molecule has 0 aliphatic carbocycles. The Labute approximate surface area is 155 Å². The van der Waals surface area contributed by atoms with Crippen LogP contribution in [0.15, 0.2) is 46.9 Å². The fourth-order valence-corrected chi connectivity index (χ4v) is 3.68. The minimum atomic E-state index is -0.607. The van der Waals surface area contributed by atoms with E-state index in [1.807, 2.05) is 19.1 Å². The Balaban J connectivity index is 1.61. The average molecular weight is 422 g/mol. The number of nitrogens with one attached hydrogen (secondary N) is 1. The number of thiophene rings is 1. The second-order valence-electron chi connectivity index (χ2n) is 5.38. The molecule has 1 amide bonds. The van der Waals surface area contributed by atoms with Crippen LogP contribution < -0.4 is 5.32 Å². The maximum Gasteiger partial charge on any atom is 0.348 e. The molecule has 3 rings (SSSR count). The highest BCUT2D eigenvalue weighted by atomic mass is 79.9. The van der Waals surface area contributed by atoms with Gasteiger partial charge in [0.25, 0.3) is 5.91 Å². The number of anilines is 1. The highest BCUT2D eigenvalue weighted by molar-refractivity contribution is 9.10. The number of benzene rings is 2. The zero-order valence-corrected chi connectivity index (χ0v) is 15.5. The molecule has 7 heteroatoms. The highest BCUT2D eigenvalue weighted by Gasteiger charge is 2.14. The number of ether oxygens (including phenoxy) is 1. The Bertz CT molecular complexity index is 970. The van der Waals surface area contributed by atoms with Crippen LogP contribution in [0.5, 0.6) is 0 Å². The van der Waals surface area contributed by atoms with E-state index in [9.17, 15) is 14.0 Å². The number of carbonyl (C=O) groups is 2. The van der Waals surface area contributed by atoms with Gasteiger partial charge in [-0.15, -0.1) is 11.3 Å². The van der Waals surface area contributed by atoms with E-state index in [2.05, 4.69) is 21.2 Å². The molecule has 0 bridgehead atoms. The van der Waals surface area contributed by atoms with Crippen LogP contribution in [0.4, 0.5) is 10.1 Å². The van der Waals surface area contributed by atoms with E-state index < -0.39 is 18.5 Å². The number of halogens is 2. The minimum absolute atomic E-state index is 0.327. The summed E-state index contributed by atoms with van der Waals surface area (Å²) in [5.41, 5.74) is 1.54. The van der Waals surface area contributed by atoms with Gasteiger partial charge in [-0.05, 0) is 60.3 Å². The molecular formula is C18H13BrFNO3S. The van der Waals surface area contributed by atoms with Crippen molar-refractivity contribution in [2.24, 2.45) is 0 Å². The Morgan fingerprint density at radius 3 is 2.76 bits per heavy atom. The van der Waals surface area contributed by atoms with Gasteiger partial charge in [-0.2, -0.15) is 0 Å². The van der Waals surface area contributed by atoms with Crippen LogP contribution in [0.25, 0.3) is 10.1 Å². The van der Waals surface area contributed by atoms with Crippen molar-refractivity contribution >= 4 is 54.9 Å². The first-order valence-corrected chi connectivity index (χ1v) is 8.95. The van der Waals surface area contributed by atoms with Crippen molar-refractivity contribution < 1.29 is 18.7 Å². The van der Waals surface area contributed by atoms with E-state index in [1.165, 1.54) is 23.5 Å². The Kier molecular flexibility index (Phi) is 5.15. The number of hydrogen-bond acceptors (Lipinski definition) is 4. The SMILES string of the molecule is Cc1cc(Br)ccc1NC(=O)COC(=O)c1cc2cc(F)ccc2s1. The number of rotatable bonds is 4. The molecule has 0 spiro atoms. The molecule has 25 heavy (non-hydrogen) atoms. The second-order valence-corrected chi connectivity index (χ2v) is 7.38. The third-order valence-corrected chi connectivity index (χ3v) is 5.07. The fourth-order valence-electron chi connectivity index (χ4n) is 2.27. The molecule has 0 saturated carbocycles. The summed E-state index contributed by atoms with van der Waals surface area (Å²) in [4.78, 5) is 24.4. The number of esters is 1. The molecule has 1 aromatic heterocycles. The van der Waals surface area contributed by atoms with E-state index in [1.54, 1.807) is 18.2 Å². The minimum Gasteiger partial charge on any atom is -0.451 e. The summed E-state index contributed by atoms with van der Waals surface area (Å²) >= 11 is 4.55. The van der Waals surface area contributed by atoms with Crippen molar-refractivity contribution in [2.75, 3.05) is 11.9 Å². The molecule has 2 aromatic carbocycles. The first-order valence-electron chi connectivity index (χ1n) is 7.34. The van der Waals surface area contributed by atoms with Crippen LogP contribution in [0.3, 0.4) is 0 Å². The van der Waals surface area contributed by atoms with Crippen molar-refractivity contribution in [3.8, 4) is 0 Å². The van der Waals surface area contributed by atoms with Crippen molar-refractivity contribution in [1.82, 2.24) is 0 Å². The smallest absolute Gasteiger partial charge is 0.348 e. The summed E-state index contributed by atoms with van der Waals surface area (Å²) in [6.07, 6.45) is 0. The van der Waals surface area contributed by atoms with Crippen LogP contribution in [-0.4, -0.2) is 18.5 Å². The molecule has 3 aromatic rings. The summed E-state index contributed by atoms with van der Waals surface area (Å²) in [5.74, 6) is -1.40. The Morgan fingerprint density at radius 1 is 1.20 bits per heavy atom. The van der Waals surface area contributed by atoms with E-state index in [4.69, 9.17) is 4.74 Å². The zero-order valence-electron chi connectivity index (χ0n) is 13.1. The molecule has 0 saturated heterocycles. The maximum atomic E-state index is 13.2. The number of fused-ring (bicyclic) bond motifs is 1. The fraction of sp³-hybridized carbons (Fsp3) is 0.111. The topological polar surface area (TPSA) is 55.4 Å². The van der Waals surface area contributed by atoms with Gasteiger partial charge in [0, 0.05) is 14.9 Å². The van der Waals surface area contributed by atoms with E-state index in [0.717, 1.165) is 14.7 Å². The molecule has 1 N–H and O–H groups in total. The van der Waals surface area contributed by atoms with Crippen molar-refractivity contribution in [1.29, 1.82) is 0 Å². The quantitative estimate of drug-likeness (QED) is 0.609. The molecule has 0 radical (unpaired) electrons. The lowest BCUT2D eigenvalue weighted by Gasteiger charge is -2.09. The molecule has 128 valence electrons. The average Bonchev–Trinajstić information content (AvgIpc) is 2.98. The second kappa shape index (κ2) is 7.33. The molecule has 0 atom stereocenters. The standard InChI is InChI=1S/C18H13BrFNO3S/c1-10-6-12(19)2-4-14(10)21-17(22)9-24-18(23)16-8-11-7-13(20)3-5-15(11)25-16/h2-8H,9H2,1H3,(H,21,22). The highest BCUT2D eigenvalue weighted by Crippen LogP contribution is 2.27. The Hall–Kier alpha value is -2.25. The molecular weight excluding hydrogens is 409 g/mol. The predicted octanol–water partition coefficient (Wildman–Crippen LogP) is 4.91. The molecule has 0 unspecified atom stereocenters. The molecule has 4 nitrogen and oxygen atoms in total. The zero-order chi connectivity index (χ0) is 18.0. The number of amides is 1. The van der Waals surface area contributed by atoms with Gasteiger partial charge in [-0.1, -0.05) is 15.9 Å². The molecule has 0 aliphatic heterocycles. The van der Waals surface area contributed by atoms with Gasteiger partial charge in [0.1, 0.15) is 10.7 Å². The lowest BCUT2D eigenvalue weighted by atomic mass is 10.2. The molecule has 0 fully saturated rings. The summed E-state index contributed by atoms with van der Waals surface area (Å²) in [6.45, 7) is 1.47. The first kappa shape index (κ1) is 17.6. The van der Waals surface area contributed by atoms with Crippen molar-refractivity contribution in [2.45, 2.75) is 6.92 Å². The first-order chi connectivity index (χ1) is 11.9. The van der Waals surface area contributed by atoms with Gasteiger partial charge in [0.15, 0.2) is 6.61 Å². The summed E-state index contributed by atoms with van der Waals surface area (Å²) in [5, 5.41) is 3.33. The van der Waals surface area contributed by atoms with Crippen LogP contribution in [0.2, 0.25) is 0 Å². The normalized spacial score (nSPS) is 10.7. The maximum absolute atomic E-state index is 13.2. The van der Waals surface area contributed by atoms with Crippen LogP contribution in [0, 0.1) is 12.7 Å². The van der Waals surface area contributed by atoms with Gasteiger partial charge in [-0.25, -0.2) is 9.18 Å². The van der Waals surface area contributed by atoms with Gasteiger partial charge in [0.05, 0.1) is 0 Å². The van der Waals surface area contributed by atoms with Gasteiger partial charge < -0.3 is 10.1 Å². The van der Waals surface area contributed by atoms with Crippen LogP contribution >= 0.6 is 27.3 Å². The number of carbonyl (C=O) groups excluding carboxylic acids is 2. The lowest BCUT2D eigenvalue weighted by Crippen LogP contribution is -2.21. The largest absolute Gasteiger partial charge is 0.451 e. The van der Waals surface area contributed by atoms with Gasteiger partial charge >= 0.3 is 5.97 Å². The third-order valence-electron chi connectivity index (χ3n) is 3.48. The Morgan fingerprint density at radius 2 is 2.00 bits per heavy atom. The summed E-state index contributed by atoms with van der Waals surface area (Å²) in [7, 11) is 0. The lowest BCUT2D eigenvalue weighted by molar-refractivity contribution is -0.119. The number of aryl methyl sites for hydroxylation is 1. The van der Waals surface area contributed by atoms with Crippen LogP contribution in [0.1, 0.15) is 15.2 Å². The summed E-state index contributed by atoms with van der Waals surface area (Å²) in [6, 6.07) is 11.3. The van der Waals surface area contributed by atoms with Gasteiger partial charge in [0.2, 0.25) is 0 Å². The van der Waals surface area contributed by atoms with Crippen LogP contribution in [-0.2, 0) is 9.53 Å². The van der Waals surface area contributed by atoms with Gasteiger partial charge in [-0.3, -0.25) is 4.79 Å². The van der Waals surface area contributed by atoms with E-state index >= 15 is 0 Å². The van der Waals surface area contributed by atoms with Crippen molar-refractivity contribution in [3.63, 3.8) is 0 Å². The molecule has 0 aliphatic rings. The van der Waals surface area contributed by atoms with E-state index in [-0.39, 0.29) is 5.82 Å². The van der Waals surface area contributed by atoms with E-state index in [0.29, 0.717) is 16.0 Å².